The van der Waals surface area contributed by atoms with Crippen molar-refractivity contribution < 1.29 is 9.53 Å². The van der Waals surface area contributed by atoms with Crippen molar-refractivity contribution in [2.24, 2.45) is 0 Å². The van der Waals surface area contributed by atoms with Gasteiger partial charge in [-0.15, -0.1) is 0 Å². The molecule has 2 N–H and O–H groups in total. The van der Waals surface area contributed by atoms with Gasteiger partial charge in [0.1, 0.15) is 12.4 Å². The summed E-state index contributed by atoms with van der Waals surface area (Å²) in [6, 6.07) is 26.3. The van der Waals surface area contributed by atoms with Crippen LogP contribution in [-0.2, 0) is 6.61 Å². The van der Waals surface area contributed by atoms with Crippen LogP contribution in [0, 0.1) is 0 Å². The summed E-state index contributed by atoms with van der Waals surface area (Å²) in [7, 11) is 0. The maximum Gasteiger partial charge on any atom is 0.257 e. The molecule has 4 nitrogen and oxygen atoms in total. The molecule has 0 saturated carbocycles. The molecular formula is C21H18N2O2S. The van der Waals surface area contributed by atoms with Crippen LogP contribution in [0.4, 0.5) is 5.69 Å². The van der Waals surface area contributed by atoms with Gasteiger partial charge in [0.25, 0.3) is 5.91 Å². The number of thiocarbonyl (C=S) groups is 1. The van der Waals surface area contributed by atoms with Gasteiger partial charge in [-0.25, -0.2) is 0 Å². The van der Waals surface area contributed by atoms with Crippen molar-refractivity contribution >= 4 is 28.9 Å². The second-order valence-electron chi connectivity index (χ2n) is 5.58. The lowest BCUT2D eigenvalue weighted by Crippen LogP contribution is -2.34. The molecule has 5 heteroatoms. The lowest BCUT2D eigenvalue weighted by atomic mass is 10.2. The zero-order valence-electron chi connectivity index (χ0n) is 14.0. The number of benzene rings is 3. The van der Waals surface area contributed by atoms with Crippen molar-refractivity contribution in [1.82, 2.24) is 5.32 Å². The molecule has 0 saturated heterocycles. The third-order valence-electron chi connectivity index (χ3n) is 3.60. The van der Waals surface area contributed by atoms with Gasteiger partial charge in [0.15, 0.2) is 5.11 Å². The van der Waals surface area contributed by atoms with Crippen LogP contribution in [0.3, 0.4) is 0 Å². The normalized spacial score (nSPS) is 10.0. The van der Waals surface area contributed by atoms with E-state index in [1.807, 2.05) is 60.7 Å². The van der Waals surface area contributed by atoms with Crippen LogP contribution in [0.2, 0.25) is 0 Å². The number of ether oxygens (including phenoxy) is 1. The van der Waals surface area contributed by atoms with Gasteiger partial charge in [0.2, 0.25) is 0 Å². The number of anilines is 1. The first kappa shape index (κ1) is 17.6. The predicted octanol–water partition coefficient (Wildman–Crippen LogP) is 4.39. The maximum atomic E-state index is 12.1. The van der Waals surface area contributed by atoms with Crippen molar-refractivity contribution in [3.05, 3.63) is 96.1 Å². The summed E-state index contributed by atoms with van der Waals surface area (Å²) in [6.07, 6.45) is 0. The summed E-state index contributed by atoms with van der Waals surface area (Å²) in [6.45, 7) is 0.486. The van der Waals surface area contributed by atoms with Crippen molar-refractivity contribution in [3.63, 3.8) is 0 Å². The minimum absolute atomic E-state index is 0.235. The second-order valence-corrected chi connectivity index (χ2v) is 5.98. The molecule has 26 heavy (non-hydrogen) atoms. The lowest BCUT2D eigenvalue weighted by molar-refractivity contribution is 0.0977. The first-order valence-corrected chi connectivity index (χ1v) is 8.56. The molecule has 3 rings (SSSR count). The van der Waals surface area contributed by atoms with Gasteiger partial charge in [-0.2, -0.15) is 0 Å². The fourth-order valence-electron chi connectivity index (χ4n) is 2.33. The Kier molecular flexibility index (Phi) is 5.96. The number of rotatable bonds is 5. The highest BCUT2D eigenvalue weighted by molar-refractivity contribution is 7.80. The summed E-state index contributed by atoms with van der Waals surface area (Å²) in [5, 5.41) is 5.90. The monoisotopic (exact) mass is 362 g/mol. The Morgan fingerprint density at radius 2 is 1.58 bits per heavy atom. The Morgan fingerprint density at radius 1 is 0.885 bits per heavy atom. The second kappa shape index (κ2) is 8.78. The van der Waals surface area contributed by atoms with E-state index in [1.54, 1.807) is 24.3 Å². The van der Waals surface area contributed by atoms with Gasteiger partial charge in [0.05, 0.1) is 0 Å². The van der Waals surface area contributed by atoms with Gasteiger partial charge in [0, 0.05) is 17.3 Å². The molecule has 3 aromatic rings. The summed E-state index contributed by atoms with van der Waals surface area (Å²) in [5.74, 6) is 0.468. The van der Waals surface area contributed by atoms with E-state index in [2.05, 4.69) is 10.6 Å². The largest absolute Gasteiger partial charge is 0.489 e. The van der Waals surface area contributed by atoms with E-state index < -0.39 is 0 Å². The van der Waals surface area contributed by atoms with E-state index in [9.17, 15) is 4.79 Å². The lowest BCUT2D eigenvalue weighted by Gasteiger charge is -2.11. The molecule has 3 aromatic carbocycles. The third-order valence-corrected chi connectivity index (χ3v) is 3.81. The average molecular weight is 362 g/mol. The fraction of sp³-hybridized carbons (Fsp3) is 0.0476. The number of hydrogen-bond acceptors (Lipinski definition) is 3. The molecule has 0 aliphatic heterocycles. The summed E-state index contributed by atoms with van der Waals surface area (Å²) >= 11 is 5.21. The molecule has 0 radical (unpaired) electrons. The highest BCUT2D eigenvalue weighted by atomic mass is 32.1. The number of carbonyl (C=O) groups is 1. The van der Waals surface area contributed by atoms with Gasteiger partial charge in [-0.3, -0.25) is 10.1 Å². The Hall–Kier alpha value is -3.18. The highest BCUT2D eigenvalue weighted by Crippen LogP contribution is 2.18. The van der Waals surface area contributed by atoms with Crippen LogP contribution in [0.5, 0.6) is 5.75 Å². The van der Waals surface area contributed by atoms with Crippen LogP contribution in [-0.4, -0.2) is 11.0 Å². The van der Waals surface area contributed by atoms with Crippen LogP contribution in [0.1, 0.15) is 15.9 Å². The first-order chi connectivity index (χ1) is 12.7. The van der Waals surface area contributed by atoms with Gasteiger partial charge in [-0.1, -0.05) is 54.6 Å². The first-order valence-electron chi connectivity index (χ1n) is 8.15. The molecule has 0 spiro atoms. The van der Waals surface area contributed by atoms with Crippen LogP contribution in [0.25, 0.3) is 0 Å². The molecule has 0 aliphatic rings. The van der Waals surface area contributed by atoms with Crippen molar-refractivity contribution in [1.29, 1.82) is 0 Å². The zero-order valence-corrected chi connectivity index (χ0v) is 14.8. The fourth-order valence-corrected chi connectivity index (χ4v) is 2.54. The Labute approximate surface area is 157 Å². The summed E-state index contributed by atoms with van der Waals surface area (Å²) in [5.41, 5.74) is 2.39. The van der Waals surface area contributed by atoms with Crippen LogP contribution >= 0.6 is 12.2 Å². The molecule has 0 unspecified atom stereocenters. The Bertz CT molecular complexity index is 883. The zero-order chi connectivity index (χ0) is 18.2. The van der Waals surface area contributed by atoms with Crippen LogP contribution in [0.15, 0.2) is 84.9 Å². The Morgan fingerprint density at radius 3 is 2.31 bits per heavy atom. The number of amides is 1. The molecule has 0 aliphatic carbocycles. The van der Waals surface area contributed by atoms with Crippen molar-refractivity contribution in [3.8, 4) is 5.75 Å². The summed E-state index contributed by atoms with van der Waals surface area (Å²) < 4.78 is 5.79. The molecule has 1 amide bonds. The van der Waals surface area contributed by atoms with Gasteiger partial charge >= 0.3 is 0 Å². The van der Waals surface area contributed by atoms with E-state index in [-0.39, 0.29) is 11.0 Å². The SMILES string of the molecule is O=C(NC(=S)Nc1cccc(OCc2ccccc2)c1)c1ccccc1. The number of hydrogen-bond donors (Lipinski definition) is 2. The number of nitrogens with one attached hydrogen (secondary N) is 2. The van der Waals surface area contributed by atoms with Crippen LogP contribution < -0.4 is 15.4 Å². The molecule has 0 aromatic heterocycles. The van der Waals surface area contributed by atoms with E-state index in [4.69, 9.17) is 17.0 Å². The van der Waals surface area contributed by atoms with E-state index in [0.29, 0.717) is 12.2 Å². The molecular weight excluding hydrogens is 344 g/mol. The molecule has 0 bridgehead atoms. The van der Waals surface area contributed by atoms with E-state index in [1.165, 1.54) is 0 Å². The minimum Gasteiger partial charge on any atom is -0.489 e. The quantitative estimate of drug-likeness (QED) is 0.661. The minimum atomic E-state index is -0.250. The highest BCUT2D eigenvalue weighted by Gasteiger charge is 2.07. The molecule has 130 valence electrons. The molecule has 0 heterocycles. The standard InChI is InChI=1S/C21H18N2O2S/c24-20(17-10-5-2-6-11-17)23-21(26)22-18-12-7-13-19(14-18)25-15-16-8-3-1-4-9-16/h1-14H,15H2,(H2,22,23,24,26). The third kappa shape index (κ3) is 5.16. The van der Waals surface area contributed by atoms with Gasteiger partial charge in [-0.05, 0) is 42.0 Å². The predicted molar refractivity (Wildman–Crippen MR) is 107 cm³/mol. The van der Waals surface area contributed by atoms with Crippen molar-refractivity contribution in [2.75, 3.05) is 5.32 Å². The maximum absolute atomic E-state index is 12.1. The van der Waals surface area contributed by atoms with Crippen molar-refractivity contribution in [2.45, 2.75) is 6.61 Å². The molecule has 0 atom stereocenters. The topological polar surface area (TPSA) is 50.4 Å². The van der Waals surface area contributed by atoms with E-state index in [0.717, 1.165) is 17.0 Å². The van der Waals surface area contributed by atoms with E-state index >= 15 is 0 Å². The summed E-state index contributed by atoms with van der Waals surface area (Å²) in [4.78, 5) is 12.1. The average Bonchev–Trinajstić information content (AvgIpc) is 2.68. The Balaban J connectivity index is 1.56. The smallest absolute Gasteiger partial charge is 0.257 e. The number of carbonyl (C=O) groups excluding carboxylic acids is 1. The van der Waals surface area contributed by atoms with Gasteiger partial charge < -0.3 is 10.1 Å². The molecule has 0 fully saturated rings.